The third kappa shape index (κ3) is 80.1. The first-order valence-electron chi connectivity index (χ1n) is 45.1. The van der Waals surface area contributed by atoms with Gasteiger partial charge in [-0.25, -0.2) is 9.13 Å². The Morgan fingerprint density at radius 3 is 0.642 bits per heavy atom. The van der Waals surface area contributed by atoms with E-state index in [9.17, 15) is 43.2 Å². The standard InChI is InChI=1S/C87H170O17P2/c1-6-9-12-15-18-21-24-26-27-28-29-30-31-35-38-42-46-51-56-61-66-71-85(90)98-77-83(104-87(92)73-68-63-58-53-48-43-39-36-33-32-34-37-41-45-49-54-59-64-69-80(4)5)79-102-106(95,96)100-75-81(88)74-99-105(93,94)101-78-82(76-97-84(89)70-65-60-55-50-44-23-20-17-14-11-8-3)103-86(91)72-67-62-57-52-47-40-25-22-19-16-13-10-7-2/h80-83,88H,6-79H2,1-5H3,(H,93,94)(H,95,96)/t81-,82+,83+/m0/s1. The quantitative estimate of drug-likeness (QED) is 0.0222. The molecule has 0 aliphatic rings. The lowest BCUT2D eigenvalue weighted by Crippen LogP contribution is -2.30. The molecule has 19 heteroatoms. The lowest BCUT2D eigenvalue weighted by molar-refractivity contribution is -0.161. The van der Waals surface area contributed by atoms with Crippen LogP contribution in [0, 0.1) is 5.92 Å². The highest BCUT2D eigenvalue weighted by Gasteiger charge is 2.30. The largest absolute Gasteiger partial charge is 0.472 e. The fourth-order valence-electron chi connectivity index (χ4n) is 13.6. The van der Waals surface area contributed by atoms with Crippen molar-refractivity contribution < 1.29 is 80.2 Å². The summed E-state index contributed by atoms with van der Waals surface area (Å²) < 4.78 is 68.9. The molecule has 5 atom stereocenters. The van der Waals surface area contributed by atoms with Gasteiger partial charge in [-0.05, 0) is 31.6 Å². The Labute approximate surface area is 651 Å². The lowest BCUT2D eigenvalue weighted by Gasteiger charge is -2.21. The number of carbonyl (C=O) groups excluding carboxylic acids is 4. The molecule has 0 aliphatic carbocycles. The molecule has 0 bridgehead atoms. The van der Waals surface area contributed by atoms with Crippen molar-refractivity contribution in [1.82, 2.24) is 0 Å². The molecular weight excluding hydrogens is 1380 g/mol. The minimum absolute atomic E-state index is 0.108. The summed E-state index contributed by atoms with van der Waals surface area (Å²) in [5.41, 5.74) is 0. The van der Waals surface area contributed by atoms with E-state index in [1.165, 1.54) is 295 Å². The summed E-state index contributed by atoms with van der Waals surface area (Å²) in [6.07, 6.45) is 73.6. The van der Waals surface area contributed by atoms with Crippen LogP contribution >= 0.6 is 15.6 Å². The maximum Gasteiger partial charge on any atom is 0.472 e. The minimum Gasteiger partial charge on any atom is -0.462 e. The van der Waals surface area contributed by atoms with Crippen LogP contribution in [0.1, 0.15) is 471 Å². The van der Waals surface area contributed by atoms with E-state index in [4.69, 9.17) is 37.0 Å². The van der Waals surface area contributed by atoms with Crippen LogP contribution in [0.3, 0.4) is 0 Å². The molecule has 3 N–H and O–H groups in total. The Bertz CT molecular complexity index is 2010. The van der Waals surface area contributed by atoms with E-state index in [1.807, 2.05) is 0 Å². The Balaban J connectivity index is 5.21. The SMILES string of the molecule is CCCCCCCCCCCCCCCCCCCCCCCC(=O)OC[C@H](COP(=O)(O)OC[C@@H](O)COP(=O)(O)OC[C@@H](COC(=O)CCCCCCCCCCCCC)OC(=O)CCCCCCCCCCCCCCC)OC(=O)CCCCCCCCCCCCCCCCCCCCC(C)C. The van der Waals surface area contributed by atoms with E-state index in [0.717, 1.165) is 95.8 Å². The van der Waals surface area contributed by atoms with Crippen LogP contribution in [0.5, 0.6) is 0 Å². The van der Waals surface area contributed by atoms with Gasteiger partial charge >= 0.3 is 39.5 Å². The molecular formula is C87H170O17P2. The normalized spacial score (nSPS) is 13.7. The number of phosphoric acid groups is 2. The second kappa shape index (κ2) is 79.7. The molecule has 0 saturated heterocycles. The van der Waals surface area contributed by atoms with Crippen LogP contribution in [0.4, 0.5) is 0 Å². The van der Waals surface area contributed by atoms with Gasteiger partial charge in [-0.3, -0.25) is 37.3 Å². The molecule has 0 heterocycles. The molecule has 106 heavy (non-hydrogen) atoms. The van der Waals surface area contributed by atoms with Crippen molar-refractivity contribution in [1.29, 1.82) is 0 Å². The van der Waals surface area contributed by atoms with E-state index in [-0.39, 0.29) is 25.7 Å². The Hall–Kier alpha value is -1.94. The highest BCUT2D eigenvalue weighted by Crippen LogP contribution is 2.45. The summed E-state index contributed by atoms with van der Waals surface area (Å²) in [7, 11) is -9.93. The average Bonchev–Trinajstić information content (AvgIpc) is 0.909. The molecule has 0 spiro atoms. The smallest absolute Gasteiger partial charge is 0.462 e. The molecule has 2 unspecified atom stereocenters. The van der Waals surface area contributed by atoms with Crippen LogP contribution in [-0.4, -0.2) is 96.7 Å². The third-order valence-corrected chi connectivity index (χ3v) is 22.4. The van der Waals surface area contributed by atoms with E-state index in [0.29, 0.717) is 25.7 Å². The topological polar surface area (TPSA) is 237 Å². The first-order chi connectivity index (χ1) is 51.5. The molecule has 0 saturated carbocycles. The van der Waals surface area contributed by atoms with E-state index >= 15 is 0 Å². The summed E-state index contributed by atoms with van der Waals surface area (Å²) in [6.45, 7) is 7.40. The minimum atomic E-state index is -4.97. The number of phosphoric ester groups is 2. The maximum atomic E-state index is 13.2. The summed E-state index contributed by atoms with van der Waals surface area (Å²) in [5.74, 6) is -1.28. The fraction of sp³-hybridized carbons (Fsp3) is 0.954. The van der Waals surface area contributed by atoms with Crippen LogP contribution < -0.4 is 0 Å². The first-order valence-corrected chi connectivity index (χ1v) is 48.1. The summed E-state index contributed by atoms with van der Waals surface area (Å²) in [4.78, 5) is 73.2. The molecule has 0 fully saturated rings. The fourth-order valence-corrected chi connectivity index (χ4v) is 15.2. The Morgan fingerprint density at radius 1 is 0.255 bits per heavy atom. The molecule has 0 amide bonds. The van der Waals surface area contributed by atoms with Crippen molar-refractivity contribution in [2.75, 3.05) is 39.6 Å². The predicted molar refractivity (Wildman–Crippen MR) is 437 cm³/mol. The summed E-state index contributed by atoms with van der Waals surface area (Å²) >= 11 is 0. The third-order valence-electron chi connectivity index (χ3n) is 20.5. The number of aliphatic hydroxyl groups is 1. The Kier molecular flexibility index (Phi) is 78.2. The van der Waals surface area contributed by atoms with Crippen LogP contribution in [-0.2, 0) is 65.4 Å². The Morgan fingerprint density at radius 2 is 0.434 bits per heavy atom. The molecule has 0 aromatic carbocycles. The maximum absolute atomic E-state index is 13.2. The number of rotatable bonds is 87. The highest BCUT2D eigenvalue weighted by molar-refractivity contribution is 7.47. The number of esters is 4. The van der Waals surface area contributed by atoms with Gasteiger partial charge in [0, 0.05) is 25.7 Å². The second-order valence-electron chi connectivity index (χ2n) is 31.8. The van der Waals surface area contributed by atoms with Crippen LogP contribution in [0.25, 0.3) is 0 Å². The van der Waals surface area contributed by atoms with Gasteiger partial charge in [0.2, 0.25) is 0 Å². The van der Waals surface area contributed by atoms with Gasteiger partial charge in [-0.2, -0.15) is 0 Å². The second-order valence-corrected chi connectivity index (χ2v) is 34.7. The summed E-state index contributed by atoms with van der Waals surface area (Å²) in [5, 5.41) is 10.7. The first kappa shape index (κ1) is 104. The zero-order valence-corrected chi connectivity index (χ0v) is 71.4. The molecule has 630 valence electrons. The monoisotopic (exact) mass is 1550 g/mol. The van der Waals surface area contributed by atoms with Crippen molar-refractivity contribution in [3.63, 3.8) is 0 Å². The number of carbonyl (C=O) groups is 4. The number of ether oxygens (including phenoxy) is 4. The van der Waals surface area contributed by atoms with Gasteiger partial charge in [-0.15, -0.1) is 0 Å². The van der Waals surface area contributed by atoms with E-state index in [1.54, 1.807) is 0 Å². The lowest BCUT2D eigenvalue weighted by atomic mass is 10.0. The van der Waals surface area contributed by atoms with Crippen molar-refractivity contribution >= 4 is 39.5 Å². The zero-order chi connectivity index (χ0) is 77.6. The number of hydrogen-bond acceptors (Lipinski definition) is 15. The van der Waals surface area contributed by atoms with Gasteiger partial charge in [0.25, 0.3) is 0 Å². The molecule has 0 aromatic heterocycles. The van der Waals surface area contributed by atoms with Crippen LogP contribution in [0.15, 0.2) is 0 Å². The number of hydrogen-bond donors (Lipinski definition) is 3. The molecule has 0 radical (unpaired) electrons. The van der Waals surface area contributed by atoms with Crippen LogP contribution in [0.2, 0.25) is 0 Å². The molecule has 17 nitrogen and oxygen atoms in total. The zero-order valence-electron chi connectivity index (χ0n) is 69.6. The highest BCUT2D eigenvalue weighted by atomic mass is 31.2. The van der Waals surface area contributed by atoms with Gasteiger partial charge < -0.3 is 33.8 Å². The number of unbranched alkanes of at least 4 members (excludes halogenated alkanes) is 59. The van der Waals surface area contributed by atoms with Crippen molar-refractivity contribution in [3.05, 3.63) is 0 Å². The molecule has 0 rings (SSSR count). The summed E-state index contributed by atoms with van der Waals surface area (Å²) in [6, 6.07) is 0. The van der Waals surface area contributed by atoms with Crippen molar-refractivity contribution in [2.24, 2.45) is 5.92 Å². The van der Waals surface area contributed by atoms with Gasteiger partial charge in [-0.1, -0.05) is 420 Å². The van der Waals surface area contributed by atoms with E-state index in [2.05, 4.69) is 34.6 Å². The van der Waals surface area contributed by atoms with Gasteiger partial charge in [0.15, 0.2) is 12.2 Å². The molecule has 0 aliphatic heterocycles. The molecule has 0 aromatic rings. The van der Waals surface area contributed by atoms with Crippen molar-refractivity contribution in [3.8, 4) is 0 Å². The number of aliphatic hydroxyl groups excluding tert-OH is 1. The van der Waals surface area contributed by atoms with Crippen molar-refractivity contribution in [2.45, 2.75) is 490 Å². The average molecular weight is 1550 g/mol. The van der Waals surface area contributed by atoms with Gasteiger partial charge in [0.05, 0.1) is 26.4 Å². The van der Waals surface area contributed by atoms with E-state index < -0.39 is 97.5 Å². The van der Waals surface area contributed by atoms with Gasteiger partial charge in [0.1, 0.15) is 19.3 Å². The predicted octanol–water partition coefficient (Wildman–Crippen LogP) is 26.8.